The van der Waals surface area contributed by atoms with Crippen LogP contribution in [0.5, 0.6) is 5.75 Å². The topological polar surface area (TPSA) is 84.7 Å². The zero-order valence-electron chi connectivity index (χ0n) is 16.9. The molecular formula is C24H25N3O3. The van der Waals surface area contributed by atoms with Crippen LogP contribution in [0.4, 0.5) is 11.4 Å². The van der Waals surface area contributed by atoms with E-state index in [9.17, 15) is 9.59 Å². The highest BCUT2D eigenvalue weighted by atomic mass is 16.5. The van der Waals surface area contributed by atoms with Gasteiger partial charge in [0.05, 0.1) is 13.7 Å². The van der Waals surface area contributed by atoms with Gasteiger partial charge in [-0.05, 0) is 47.5 Å². The fraction of sp³-hybridized carbons (Fsp3) is 0.167. The van der Waals surface area contributed by atoms with Crippen LogP contribution in [0.3, 0.4) is 0 Å². The van der Waals surface area contributed by atoms with Gasteiger partial charge < -0.3 is 20.7 Å². The van der Waals surface area contributed by atoms with E-state index in [-0.39, 0.29) is 18.9 Å². The van der Waals surface area contributed by atoms with Crippen molar-refractivity contribution in [3.8, 4) is 16.9 Å². The van der Waals surface area contributed by atoms with E-state index in [2.05, 4.69) is 5.32 Å². The minimum absolute atomic E-state index is 0.0973. The van der Waals surface area contributed by atoms with Crippen molar-refractivity contribution in [3.63, 3.8) is 0 Å². The molecule has 3 N–H and O–H groups in total. The molecule has 0 unspecified atom stereocenters. The number of amides is 2. The first-order valence-corrected chi connectivity index (χ1v) is 9.68. The number of nitrogens with one attached hydrogen (secondary N) is 1. The van der Waals surface area contributed by atoms with Gasteiger partial charge in [-0.2, -0.15) is 0 Å². The summed E-state index contributed by atoms with van der Waals surface area (Å²) in [6.07, 6.45) is 0.158. The lowest BCUT2D eigenvalue weighted by Crippen LogP contribution is -2.35. The summed E-state index contributed by atoms with van der Waals surface area (Å²) >= 11 is 0. The smallest absolute Gasteiger partial charge is 0.243 e. The molecule has 0 fully saturated rings. The number of nitrogens with zero attached hydrogens (tertiary/aromatic N) is 1. The van der Waals surface area contributed by atoms with Crippen molar-refractivity contribution in [2.75, 3.05) is 30.4 Å². The molecule has 0 saturated heterocycles. The second-order valence-corrected chi connectivity index (χ2v) is 6.83. The molecule has 0 aliphatic carbocycles. The lowest BCUT2D eigenvalue weighted by atomic mass is 10.1. The van der Waals surface area contributed by atoms with E-state index in [1.807, 2.05) is 83.8 Å². The summed E-state index contributed by atoms with van der Waals surface area (Å²) in [6.45, 7) is 0.447. The summed E-state index contributed by atoms with van der Waals surface area (Å²) < 4.78 is 5.18. The Morgan fingerprint density at radius 1 is 0.900 bits per heavy atom. The predicted octanol–water partition coefficient (Wildman–Crippen LogP) is 3.68. The Morgan fingerprint density at radius 2 is 1.53 bits per heavy atom. The molecule has 0 bridgehead atoms. The molecule has 0 aromatic heterocycles. The molecule has 3 aromatic rings. The fourth-order valence-corrected chi connectivity index (χ4v) is 3.09. The number of benzene rings is 3. The number of methoxy groups -OCH3 is 1. The first-order valence-electron chi connectivity index (χ1n) is 9.68. The molecule has 2 amide bonds. The summed E-state index contributed by atoms with van der Waals surface area (Å²) in [5.41, 5.74) is 9.02. The molecule has 30 heavy (non-hydrogen) atoms. The molecule has 0 spiro atoms. The van der Waals surface area contributed by atoms with Gasteiger partial charge in [0.1, 0.15) is 5.75 Å². The van der Waals surface area contributed by atoms with E-state index >= 15 is 0 Å². The van der Waals surface area contributed by atoms with Gasteiger partial charge in [0.15, 0.2) is 0 Å². The van der Waals surface area contributed by atoms with Crippen molar-refractivity contribution in [2.24, 2.45) is 5.73 Å². The Bertz CT molecular complexity index is 971. The molecule has 0 aliphatic rings. The zero-order chi connectivity index (χ0) is 21.3. The maximum absolute atomic E-state index is 12.6. The molecular weight excluding hydrogens is 378 g/mol. The minimum atomic E-state index is -0.412. The second-order valence-electron chi connectivity index (χ2n) is 6.83. The van der Waals surface area contributed by atoms with Gasteiger partial charge in [-0.3, -0.25) is 9.59 Å². The van der Waals surface area contributed by atoms with Crippen LogP contribution in [0.25, 0.3) is 11.1 Å². The molecule has 0 aliphatic heterocycles. The number of rotatable bonds is 9. The lowest BCUT2D eigenvalue weighted by molar-refractivity contribution is -0.118. The van der Waals surface area contributed by atoms with Gasteiger partial charge in [0, 0.05) is 24.3 Å². The largest absolute Gasteiger partial charge is 0.497 e. The van der Waals surface area contributed by atoms with Gasteiger partial charge in [-0.25, -0.2) is 0 Å². The maximum Gasteiger partial charge on any atom is 0.243 e. The molecule has 0 heterocycles. The Balaban J connectivity index is 1.66. The number of primary amides is 1. The van der Waals surface area contributed by atoms with E-state index in [1.54, 1.807) is 7.11 Å². The van der Waals surface area contributed by atoms with E-state index in [1.165, 1.54) is 0 Å². The summed E-state index contributed by atoms with van der Waals surface area (Å²) in [4.78, 5) is 25.7. The van der Waals surface area contributed by atoms with E-state index in [0.717, 1.165) is 22.6 Å². The SMILES string of the molecule is COc1ccc(N(CCC(N)=O)CC(=O)Nc2ccc(-c3ccccc3)cc2)cc1. The Labute approximate surface area is 176 Å². The molecule has 3 aromatic carbocycles. The van der Waals surface area contributed by atoms with Crippen molar-refractivity contribution in [2.45, 2.75) is 6.42 Å². The quantitative estimate of drug-likeness (QED) is 0.571. The van der Waals surface area contributed by atoms with Crippen LogP contribution < -0.4 is 20.7 Å². The highest BCUT2D eigenvalue weighted by Gasteiger charge is 2.13. The van der Waals surface area contributed by atoms with Gasteiger partial charge in [0.2, 0.25) is 11.8 Å². The third kappa shape index (κ3) is 5.85. The van der Waals surface area contributed by atoms with Crippen LogP contribution >= 0.6 is 0 Å². The molecule has 0 saturated carbocycles. The third-order valence-electron chi connectivity index (χ3n) is 4.68. The summed E-state index contributed by atoms with van der Waals surface area (Å²) in [5, 5.41) is 2.91. The molecule has 6 nitrogen and oxygen atoms in total. The average Bonchev–Trinajstić information content (AvgIpc) is 2.77. The van der Waals surface area contributed by atoms with Gasteiger partial charge in [0.25, 0.3) is 0 Å². The van der Waals surface area contributed by atoms with Crippen LogP contribution in [-0.4, -0.2) is 32.0 Å². The first kappa shape index (κ1) is 20.9. The molecule has 0 atom stereocenters. The zero-order valence-corrected chi connectivity index (χ0v) is 16.9. The second kappa shape index (κ2) is 10.1. The van der Waals surface area contributed by atoms with E-state index < -0.39 is 5.91 Å². The number of anilines is 2. The highest BCUT2D eigenvalue weighted by Crippen LogP contribution is 2.22. The van der Waals surface area contributed by atoms with E-state index in [4.69, 9.17) is 10.5 Å². The number of ether oxygens (including phenoxy) is 1. The van der Waals surface area contributed by atoms with Gasteiger partial charge in [-0.1, -0.05) is 42.5 Å². The van der Waals surface area contributed by atoms with Gasteiger partial charge >= 0.3 is 0 Å². The minimum Gasteiger partial charge on any atom is -0.497 e. The van der Waals surface area contributed by atoms with Crippen LogP contribution in [-0.2, 0) is 9.59 Å². The Morgan fingerprint density at radius 3 is 2.13 bits per heavy atom. The van der Waals surface area contributed by atoms with E-state index in [0.29, 0.717) is 12.2 Å². The van der Waals surface area contributed by atoms with Crippen molar-refractivity contribution >= 4 is 23.2 Å². The summed E-state index contributed by atoms with van der Waals surface area (Å²) in [7, 11) is 1.59. The monoisotopic (exact) mass is 403 g/mol. The molecule has 3 rings (SSSR count). The van der Waals surface area contributed by atoms with Gasteiger partial charge in [-0.15, -0.1) is 0 Å². The van der Waals surface area contributed by atoms with Crippen LogP contribution in [0.15, 0.2) is 78.9 Å². The highest BCUT2D eigenvalue weighted by molar-refractivity contribution is 5.94. The standard InChI is InChI=1S/C24H25N3O3/c1-30-22-13-11-21(12-14-22)27(16-15-23(25)28)17-24(29)26-20-9-7-19(8-10-20)18-5-3-2-4-6-18/h2-14H,15-17H2,1H3,(H2,25,28)(H,26,29). The number of carbonyl (C=O) groups is 2. The number of hydrogen-bond donors (Lipinski definition) is 2. The first-order chi connectivity index (χ1) is 14.5. The molecule has 6 heteroatoms. The lowest BCUT2D eigenvalue weighted by Gasteiger charge is -2.24. The summed E-state index contributed by atoms with van der Waals surface area (Å²) in [5.74, 6) is 0.129. The molecule has 154 valence electrons. The van der Waals surface area contributed by atoms with Crippen molar-refractivity contribution in [1.82, 2.24) is 0 Å². The predicted molar refractivity (Wildman–Crippen MR) is 120 cm³/mol. The number of hydrogen-bond acceptors (Lipinski definition) is 4. The Kier molecular flexibility index (Phi) is 7.05. The van der Waals surface area contributed by atoms with Crippen LogP contribution in [0.1, 0.15) is 6.42 Å². The van der Waals surface area contributed by atoms with Crippen LogP contribution in [0.2, 0.25) is 0 Å². The number of carbonyl (C=O) groups excluding carboxylic acids is 2. The normalized spacial score (nSPS) is 10.3. The maximum atomic E-state index is 12.6. The average molecular weight is 403 g/mol. The molecule has 0 radical (unpaired) electrons. The van der Waals surface area contributed by atoms with Crippen LogP contribution in [0, 0.1) is 0 Å². The third-order valence-corrected chi connectivity index (χ3v) is 4.68. The fourth-order valence-electron chi connectivity index (χ4n) is 3.09. The number of nitrogens with two attached hydrogens (primary N) is 1. The summed E-state index contributed by atoms with van der Waals surface area (Å²) in [6, 6.07) is 25.1. The van der Waals surface area contributed by atoms with Crippen molar-refractivity contribution in [1.29, 1.82) is 0 Å². The van der Waals surface area contributed by atoms with Crippen molar-refractivity contribution in [3.05, 3.63) is 78.9 Å². The Hall–Kier alpha value is -3.80. The van der Waals surface area contributed by atoms with Crippen molar-refractivity contribution < 1.29 is 14.3 Å².